The lowest BCUT2D eigenvalue weighted by Gasteiger charge is -2.14. The smallest absolute Gasteiger partial charge is 0.316 e. The van der Waals surface area contributed by atoms with Gasteiger partial charge in [0.2, 0.25) is 11.8 Å². The third kappa shape index (κ3) is 4.26. The summed E-state index contributed by atoms with van der Waals surface area (Å²) in [5, 5.41) is 20.0. The van der Waals surface area contributed by atoms with E-state index in [4.69, 9.17) is 14.8 Å². The zero-order chi connectivity index (χ0) is 16.2. The molecule has 0 aliphatic rings. The number of aryl methyl sites for hydroxylation is 1. The maximum Gasteiger partial charge on any atom is 0.316 e. The van der Waals surface area contributed by atoms with Gasteiger partial charge in [-0.2, -0.15) is 5.26 Å². The van der Waals surface area contributed by atoms with Gasteiger partial charge in [-0.1, -0.05) is 13.8 Å². The second kappa shape index (κ2) is 7.18. The molecule has 0 spiro atoms. The number of amides is 1. The number of rotatable bonds is 6. The van der Waals surface area contributed by atoms with E-state index in [2.05, 4.69) is 5.32 Å². The van der Waals surface area contributed by atoms with Gasteiger partial charge in [-0.25, -0.2) is 0 Å². The van der Waals surface area contributed by atoms with Gasteiger partial charge in [-0.3, -0.25) is 14.9 Å². The molecule has 1 aromatic heterocycles. The van der Waals surface area contributed by atoms with E-state index in [0.717, 1.165) is 11.8 Å². The van der Waals surface area contributed by atoms with Crippen LogP contribution in [0.4, 0.5) is 5.88 Å². The first-order chi connectivity index (χ1) is 9.77. The highest BCUT2D eigenvalue weighted by Gasteiger charge is 2.24. The van der Waals surface area contributed by atoms with Crippen LogP contribution in [0.5, 0.6) is 0 Å². The Hall–Kier alpha value is -1.94. The largest absolute Gasteiger partial charge is 0.480 e. The number of anilines is 1. The number of furan rings is 1. The Labute approximate surface area is 127 Å². The lowest BCUT2D eigenvalue weighted by molar-refractivity contribution is -0.137. The Morgan fingerprint density at radius 2 is 2.05 bits per heavy atom. The lowest BCUT2D eigenvalue weighted by Crippen LogP contribution is -2.25. The molecule has 7 heteroatoms. The molecule has 2 N–H and O–H groups in total. The number of aliphatic carboxylic acids is 1. The SMILES string of the molecule is Cc1oc(NC(=O)CSC(C(=O)O)C(C)C)c(C#N)c1C. The molecule has 1 heterocycles. The summed E-state index contributed by atoms with van der Waals surface area (Å²) in [7, 11) is 0. The van der Waals surface area contributed by atoms with Crippen molar-refractivity contribution in [2.75, 3.05) is 11.1 Å². The van der Waals surface area contributed by atoms with Crippen molar-refractivity contribution in [3.63, 3.8) is 0 Å². The van der Waals surface area contributed by atoms with Crippen LogP contribution >= 0.6 is 11.8 Å². The Morgan fingerprint density at radius 1 is 1.43 bits per heavy atom. The summed E-state index contributed by atoms with van der Waals surface area (Å²) >= 11 is 1.05. The van der Waals surface area contributed by atoms with Crippen molar-refractivity contribution in [1.82, 2.24) is 0 Å². The summed E-state index contributed by atoms with van der Waals surface area (Å²) in [6, 6.07) is 1.98. The van der Waals surface area contributed by atoms with Crippen molar-refractivity contribution in [2.45, 2.75) is 32.9 Å². The summed E-state index contributed by atoms with van der Waals surface area (Å²) in [6.45, 7) is 7.02. The molecule has 1 aromatic rings. The summed E-state index contributed by atoms with van der Waals surface area (Å²) in [4.78, 5) is 22.9. The van der Waals surface area contributed by atoms with Crippen molar-refractivity contribution < 1.29 is 19.1 Å². The quantitative estimate of drug-likeness (QED) is 0.837. The van der Waals surface area contributed by atoms with Gasteiger partial charge >= 0.3 is 5.97 Å². The van der Waals surface area contributed by atoms with Crippen molar-refractivity contribution in [3.8, 4) is 6.07 Å². The van der Waals surface area contributed by atoms with Gasteiger partial charge in [0.15, 0.2) is 0 Å². The molecule has 0 aromatic carbocycles. The number of nitriles is 1. The second-order valence-corrected chi connectivity index (χ2v) is 6.09. The molecule has 1 atom stereocenters. The lowest BCUT2D eigenvalue weighted by atomic mass is 10.1. The number of hydrogen-bond donors (Lipinski definition) is 2. The number of hydrogen-bond acceptors (Lipinski definition) is 5. The number of nitrogens with zero attached hydrogens (tertiary/aromatic N) is 1. The van der Waals surface area contributed by atoms with Gasteiger partial charge in [0.1, 0.15) is 22.6 Å². The van der Waals surface area contributed by atoms with E-state index in [-0.39, 0.29) is 17.6 Å². The van der Waals surface area contributed by atoms with Crippen molar-refractivity contribution >= 4 is 29.5 Å². The van der Waals surface area contributed by atoms with Gasteiger partial charge in [-0.05, 0) is 19.8 Å². The Bertz CT molecular complexity index is 587. The average molecular weight is 310 g/mol. The molecule has 114 valence electrons. The first kappa shape index (κ1) is 17.1. The number of nitrogens with one attached hydrogen (secondary N) is 1. The summed E-state index contributed by atoms with van der Waals surface area (Å²) < 4.78 is 5.33. The van der Waals surface area contributed by atoms with Crippen LogP contribution in [0, 0.1) is 31.1 Å². The number of carboxylic acid groups (broad SMARTS) is 1. The van der Waals surface area contributed by atoms with Crippen molar-refractivity contribution in [2.24, 2.45) is 5.92 Å². The minimum Gasteiger partial charge on any atom is -0.480 e. The Kier molecular flexibility index (Phi) is 5.85. The Balaban J connectivity index is 2.69. The third-order valence-corrected chi connectivity index (χ3v) is 4.53. The fraction of sp³-hybridized carbons (Fsp3) is 0.500. The van der Waals surface area contributed by atoms with Crippen LogP contribution in [0.3, 0.4) is 0 Å². The van der Waals surface area contributed by atoms with Gasteiger partial charge in [0.25, 0.3) is 0 Å². The summed E-state index contributed by atoms with van der Waals surface area (Å²) in [5.74, 6) is -0.737. The molecular formula is C14H18N2O4S. The molecule has 0 saturated carbocycles. The zero-order valence-electron chi connectivity index (χ0n) is 12.4. The minimum absolute atomic E-state index is 0.0151. The van der Waals surface area contributed by atoms with E-state index in [1.807, 2.05) is 6.07 Å². The predicted molar refractivity (Wildman–Crippen MR) is 80.2 cm³/mol. The molecule has 1 amide bonds. The molecule has 0 radical (unpaired) electrons. The van der Waals surface area contributed by atoms with Crippen LogP contribution in [0.1, 0.15) is 30.7 Å². The molecule has 0 fully saturated rings. The highest BCUT2D eigenvalue weighted by molar-refractivity contribution is 8.01. The first-order valence-corrected chi connectivity index (χ1v) is 7.47. The number of carboxylic acids is 1. The fourth-order valence-corrected chi connectivity index (χ4v) is 2.66. The minimum atomic E-state index is -0.940. The molecular weight excluding hydrogens is 292 g/mol. The van der Waals surface area contributed by atoms with Crippen molar-refractivity contribution in [3.05, 3.63) is 16.9 Å². The van der Waals surface area contributed by atoms with Crippen LogP contribution in [-0.4, -0.2) is 28.0 Å². The number of carbonyl (C=O) groups excluding carboxylic acids is 1. The number of thioether (sulfide) groups is 1. The van der Waals surface area contributed by atoms with E-state index in [1.54, 1.807) is 27.7 Å². The van der Waals surface area contributed by atoms with Crippen LogP contribution in [0.15, 0.2) is 4.42 Å². The average Bonchev–Trinajstić information content (AvgIpc) is 2.63. The number of carbonyl (C=O) groups is 2. The molecule has 1 rings (SSSR count). The summed E-state index contributed by atoms with van der Waals surface area (Å²) in [6.07, 6.45) is 0. The van der Waals surface area contributed by atoms with Gasteiger partial charge < -0.3 is 9.52 Å². The molecule has 6 nitrogen and oxygen atoms in total. The van der Waals surface area contributed by atoms with E-state index >= 15 is 0 Å². The fourth-order valence-electron chi connectivity index (χ4n) is 1.73. The molecule has 21 heavy (non-hydrogen) atoms. The first-order valence-electron chi connectivity index (χ1n) is 6.42. The molecule has 0 saturated heterocycles. The van der Waals surface area contributed by atoms with E-state index in [1.165, 1.54) is 0 Å². The highest BCUT2D eigenvalue weighted by Crippen LogP contribution is 2.26. The van der Waals surface area contributed by atoms with Gasteiger partial charge in [-0.15, -0.1) is 11.8 Å². The van der Waals surface area contributed by atoms with Crippen molar-refractivity contribution in [1.29, 1.82) is 5.26 Å². The molecule has 0 aliphatic carbocycles. The third-order valence-electron chi connectivity index (χ3n) is 2.99. The van der Waals surface area contributed by atoms with Crippen LogP contribution in [-0.2, 0) is 9.59 Å². The van der Waals surface area contributed by atoms with E-state index in [9.17, 15) is 9.59 Å². The monoisotopic (exact) mass is 310 g/mol. The van der Waals surface area contributed by atoms with Crippen LogP contribution in [0.2, 0.25) is 0 Å². The second-order valence-electron chi connectivity index (χ2n) is 4.96. The maximum atomic E-state index is 11.9. The molecule has 0 aliphatic heterocycles. The topological polar surface area (TPSA) is 103 Å². The maximum absolute atomic E-state index is 11.9. The molecule has 1 unspecified atom stereocenters. The van der Waals surface area contributed by atoms with Gasteiger partial charge in [0, 0.05) is 5.56 Å². The standard InChI is InChI=1S/C14H18N2O4S/c1-7(2)12(14(18)19)21-6-11(17)16-13-10(5-15)8(3)9(4)20-13/h7,12H,6H2,1-4H3,(H,16,17)(H,18,19). The van der Waals surface area contributed by atoms with E-state index < -0.39 is 17.1 Å². The normalized spacial score (nSPS) is 12.0. The van der Waals surface area contributed by atoms with E-state index in [0.29, 0.717) is 16.9 Å². The predicted octanol–water partition coefficient (Wildman–Crippen LogP) is 2.55. The van der Waals surface area contributed by atoms with Crippen LogP contribution < -0.4 is 5.32 Å². The molecule has 0 bridgehead atoms. The zero-order valence-corrected chi connectivity index (χ0v) is 13.2. The Morgan fingerprint density at radius 3 is 2.52 bits per heavy atom. The summed E-state index contributed by atoms with van der Waals surface area (Å²) in [5.41, 5.74) is 0.982. The van der Waals surface area contributed by atoms with Gasteiger partial charge in [0.05, 0.1) is 5.75 Å². The highest BCUT2D eigenvalue weighted by atomic mass is 32.2. The van der Waals surface area contributed by atoms with Crippen LogP contribution in [0.25, 0.3) is 0 Å².